The minimum atomic E-state index is 0.169. The van der Waals surface area contributed by atoms with Crippen molar-refractivity contribution in [2.75, 3.05) is 6.54 Å². The van der Waals surface area contributed by atoms with Gasteiger partial charge in [-0.15, -0.1) is 0 Å². The summed E-state index contributed by atoms with van der Waals surface area (Å²) in [5.74, 6) is 2.10. The fourth-order valence-corrected chi connectivity index (χ4v) is 2.26. The van der Waals surface area contributed by atoms with Gasteiger partial charge in [-0.25, -0.2) is 0 Å². The standard InChI is InChI=1S/C15H14N2O2/c16-8-12-5-6-13(18-12)9-17-10-14-7-11-3-1-2-4-15(11)19-14/h1-6,14,17H,7,9-10H2. The summed E-state index contributed by atoms with van der Waals surface area (Å²) in [5.41, 5.74) is 1.26. The van der Waals surface area contributed by atoms with Crippen molar-refractivity contribution in [3.05, 3.63) is 53.5 Å². The Kier molecular flexibility index (Phi) is 3.21. The van der Waals surface area contributed by atoms with Crippen LogP contribution in [0.15, 0.2) is 40.8 Å². The SMILES string of the molecule is N#Cc1ccc(CNCC2Cc3ccccc3O2)o1. The van der Waals surface area contributed by atoms with Crippen molar-refractivity contribution in [3.63, 3.8) is 0 Å². The second-order valence-electron chi connectivity index (χ2n) is 4.56. The van der Waals surface area contributed by atoms with E-state index in [1.165, 1.54) is 5.56 Å². The first-order valence-corrected chi connectivity index (χ1v) is 6.29. The van der Waals surface area contributed by atoms with Crippen molar-refractivity contribution >= 4 is 0 Å². The lowest BCUT2D eigenvalue weighted by Crippen LogP contribution is -2.29. The van der Waals surface area contributed by atoms with Gasteiger partial charge in [0.1, 0.15) is 23.7 Å². The number of hydrogen-bond acceptors (Lipinski definition) is 4. The molecule has 1 aromatic carbocycles. The molecule has 0 amide bonds. The van der Waals surface area contributed by atoms with Gasteiger partial charge in [0.25, 0.3) is 0 Å². The first-order chi connectivity index (χ1) is 9.35. The molecule has 0 aliphatic carbocycles. The fraction of sp³-hybridized carbons (Fsp3) is 0.267. The molecule has 0 bridgehead atoms. The zero-order chi connectivity index (χ0) is 13.1. The largest absolute Gasteiger partial charge is 0.488 e. The number of benzene rings is 1. The number of rotatable bonds is 4. The third-order valence-corrected chi connectivity index (χ3v) is 3.16. The average Bonchev–Trinajstić information content (AvgIpc) is 3.04. The summed E-state index contributed by atoms with van der Waals surface area (Å²) in [5, 5.41) is 12.0. The van der Waals surface area contributed by atoms with Gasteiger partial charge < -0.3 is 14.5 Å². The molecule has 1 aliphatic heterocycles. The van der Waals surface area contributed by atoms with Gasteiger partial charge in [-0.1, -0.05) is 18.2 Å². The lowest BCUT2D eigenvalue weighted by atomic mass is 10.1. The van der Waals surface area contributed by atoms with Gasteiger partial charge >= 0.3 is 0 Å². The Bertz CT molecular complexity index is 588. The summed E-state index contributed by atoms with van der Waals surface area (Å²) < 4.78 is 11.1. The third-order valence-electron chi connectivity index (χ3n) is 3.16. The van der Waals surface area contributed by atoms with Crippen LogP contribution in [0, 0.1) is 11.3 Å². The van der Waals surface area contributed by atoms with Gasteiger partial charge in [0.15, 0.2) is 0 Å². The molecule has 0 spiro atoms. The topological polar surface area (TPSA) is 58.2 Å². The van der Waals surface area contributed by atoms with E-state index in [9.17, 15) is 0 Å². The molecule has 2 heterocycles. The van der Waals surface area contributed by atoms with Crippen LogP contribution in [0.4, 0.5) is 0 Å². The molecule has 4 nitrogen and oxygen atoms in total. The van der Waals surface area contributed by atoms with Gasteiger partial charge in [0.2, 0.25) is 5.76 Å². The van der Waals surface area contributed by atoms with Crippen molar-refractivity contribution < 1.29 is 9.15 Å². The number of nitrogens with zero attached hydrogens (tertiary/aromatic N) is 1. The highest BCUT2D eigenvalue weighted by atomic mass is 16.5. The number of fused-ring (bicyclic) bond motifs is 1. The number of nitrogens with one attached hydrogen (secondary N) is 1. The van der Waals surface area contributed by atoms with E-state index in [4.69, 9.17) is 14.4 Å². The predicted molar refractivity (Wildman–Crippen MR) is 69.7 cm³/mol. The highest BCUT2D eigenvalue weighted by Crippen LogP contribution is 2.27. The zero-order valence-electron chi connectivity index (χ0n) is 10.4. The first-order valence-electron chi connectivity index (χ1n) is 6.29. The Hall–Kier alpha value is -2.25. The smallest absolute Gasteiger partial charge is 0.203 e. The molecule has 1 atom stereocenters. The van der Waals surface area contributed by atoms with Crippen LogP contribution in [0.2, 0.25) is 0 Å². The monoisotopic (exact) mass is 254 g/mol. The summed E-state index contributed by atoms with van der Waals surface area (Å²) in [6, 6.07) is 13.6. The summed E-state index contributed by atoms with van der Waals surface area (Å²) in [4.78, 5) is 0. The molecule has 1 aliphatic rings. The van der Waals surface area contributed by atoms with Crippen LogP contribution in [0.25, 0.3) is 0 Å². The molecular weight excluding hydrogens is 240 g/mol. The molecule has 3 rings (SSSR count). The number of furan rings is 1. The lowest BCUT2D eigenvalue weighted by Gasteiger charge is -2.10. The number of nitriles is 1. The quantitative estimate of drug-likeness (QED) is 0.909. The molecule has 19 heavy (non-hydrogen) atoms. The van der Waals surface area contributed by atoms with E-state index in [1.54, 1.807) is 6.07 Å². The van der Waals surface area contributed by atoms with Crippen LogP contribution in [0.5, 0.6) is 5.75 Å². The van der Waals surface area contributed by atoms with E-state index < -0.39 is 0 Å². The van der Waals surface area contributed by atoms with Crippen LogP contribution in [-0.2, 0) is 13.0 Å². The Morgan fingerprint density at radius 3 is 2.95 bits per heavy atom. The fourth-order valence-electron chi connectivity index (χ4n) is 2.26. The maximum absolute atomic E-state index is 8.66. The van der Waals surface area contributed by atoms with Crippen LogP contribution >= 0.6 is 0 Å². The minimum Gasteiger partial charge on any atom is -0.488 e. The van der Waals surface area contributed by atoms with Crippen molar-refractivity contribution in [3.8, 4) is 11.8 Å². The maximum atomic E-state index is 8.66. The first kappa shape index (κ1) is 11.8. The highest BCUT2D eigenvalue weighted by Gasteiger charge is 2.21. The second-order valence-corrected chi connectivity index (χ2v) is 4.56. The molecule has 4 heteroatoms. The van der Waals surface area contributed by atoms with E-state index in [0.29, 0.717) is 12.3 Å². The molecule has 1 N–H and O–H groups in total. The molecule has 0 radical (unpaired) electrons. The van der Waals surface area contributed by atoms with Crippen LogP contribution in [0.3, 0.4) is 0 Å². The molecule has 96 valence electrons. The lowest BCUT2D eigenvalue weighted by molar-refractivity contribution is 0.226. The van der Waals surface area contributed by atoms with Crippen molar-refractivity contribution in [2.24, 2.45) is 0 Å². The molecule has 1 aromatic heterocycles. The van der Waals surface area contributed by atoms with E-state index in [0.717, 1.165) is 24.5 Å². The molecule has 2 aromatic rings. The summed E-state index contributed by atoms with van der Waals surface area (Å²) in [6.07, 6.45) is 1.10. The van der Waals surface area contributed by atoms with Crippen molar-refractivity contribution in [1.82, 2.24) is 5.32 Å². The van der Waals surface area contributed by atoms with Gasteiger partial charge in [0, 0.05) is 13.0 Å². The normalized spacial score (nSPS) is 16.7. The summed E-state index contributed by atoms with van der Waals surface area (Å²) in [7, 11) is 0. The van der Waals surface area contributed by atoms with E-state index in [1.807, 2.05) is 30.3 Å². The zero-order valence-corrected chi connectivity index (χ0v) is 10.4. The third kappa shape index (κ3) is 2.61. The number of ether oxygens (including phenoxy) is 1. The maximum Gasteiger partial charge on any atom is 0.203 e. The number of hydrogen-bond donors (Lipinski definition) is 1. The summed E-state index contributed by atoms with van der Waals surface area (Å²) >= 11 is 0. The minimum absolute atomic E-state index is 0.169. The van der Waals surface area contributed by atoms with Gasteiger partial charge in [-0.2, -0.15) is 5.26 Å². The van der Waals surface area contributed by atoms with Crippen LogP contribution < -0.4 is 10.1 Å². The van der Waals surface area contributed by atoms with Crippen molar-refractivity contribution in [2.45, 2.75) is 19.1 Å². The Labute approximate surface area is 111 Å². The van der Waals surface area contributed by atoms with Crippen molar-refractivity contribution in [1.29, 1.82) is 5.26 Å². The van der Waals surface area contributed by atoms with Gasteiger partial charge in [0.05, 0.1) is 6.54 Å². The molecule has 1 unspecified atom stereocenters. The van der Waals surface area contributed by atoms with E-state index >= 15 is 0 Å². The predicted octanol–water partition coefficient (Wildman–Crippen LogP) is 2.24. The van der Waals surface area contributed by atoms with E-state index in [2.05, 4.69) is 11.4 Å². The Morgan fingerprint density at radius 2 is 2.16 bits per heavy atom. The van der Waals surface area contributed by atoms with Gasteiger partial charge in [-0.3, -0.25) is 0 Å². The Balaban J connectivity index is 1.48. The second kappa shape index (κ2) is 5.17. The molecular formula is C15H14N2O2. The Morgan fingerprint density at radius 1 is 1.26 bits per heavy atom. The molecule has 0 saturated heterocycles. The van der Waals surface area contributed by atoms with Gasteiger partial charge in [-0.05, 0) is 23.8 Å². The van der Waals surface area contributed by atoms with E-state index in [-0.39, 0.29) is 6.10 Å². The van der Waals surface area contributed by atoms with Crippen LogP contribution in [-0.4, -0.2) is 12.6 Å². The average molecular weight is 254 g/mol. The molecule has 0 fully saturated rings. The summed E-state index contributed by atoms with van der Waals surface area (Å²) in [6.45, 7) is 1.37. The molecule has 0 saturated carbocycles. The number of para-hydroxylation sites is 1. The highest BCUT2D eigenvalue weighted by molar-refractivity contribution is 5.37. The van der Waals surface area contributed by atoms with Crippen LogP contribution in [0.1, 0.15) is 17.1 Å².